The molecule has 0 saturated heterocycles. The number of anilines is 1. The lowest BCUT2D eigenvalue weighted by Crippen LogP contribution is -2.17. The summed E-state index contributed by atoms with van der Waals surface area (Å²) in [7, 11) is 1.55. The third kappa shape index (κ3) is 4.01. The van der Waals surface area contributed by atoms with Crippen molar-refractivity contribution < 1.29 is 14.3 Å². The molecular weight excluding hydrogens is 278 g/mol. The number of ether oxygens (including phenoxy) is 2. The second-order valence-corrected chi connectivity index (χ2v) is 5.99. The lowest BCUT2D eigenvalue weighted by molar-refractivity contribution is 0.215. The summed E-state index contributed by atoms with van der Waals surface area (Å²) in [5.41, 5.74) is 1.82. The van der Waals surface area contributed by atoms with E-state index in [0.717, 1.165) is 0 Å². The van der Waals surface area contributed by atoms with Crippen LogP contribution in [0, 0.1) is 0 Å². The van der Waals surface area contributed by atoms with Gasteiger partial charge in [-0.15, -0.1) is 0 Å². The van der Waals surface area contributed by atoms with Crippen LogP contribution in [0.5, 0.6) is 11.5 Å². The van der Waals surface area contributed by atoms with Gasteiger partial charge in [0.25, 0.3) is 0 Å². The molecule has 0 bridgehead atoms. The first-order chi connectivity index (χ1) is 10.4. The summed E-state index contributed by atoms with van der Waals surface area (Å²) in [4.78, 5) is 11.9. The molecule has 22 heavy (non-hydrogen) atoms. The van der Waals surface area contributed by atoms with Crippen molar-refractivity contribution in [2.24, 2.45) is 0 Å². The molecule has 4 heteroatoms. The lowest BCUT2D eigenvalue weighted by Gasteiger charge is -2.19. The third-order valence-electron chi connectivity index (χ3n) is 3.27. The normalized spacial score (nSPS) is 10.9. The predicted molar refractivity (Wildman–Crippen MR) is 87.8 cm³/mol. The maximum atomic E-state index is 11.9. The molecule has 0 atom stereocenters. The molecular formula is C18H21NO3. The molecule has 2 rings (SSSR count). The van der Waals surface area contributed by atoms with Crippen molar-refractivity contribution in [2.45, 2.75) is 26.2 Å². The molecule has 0 aliphatic heterocycles. The first-order valence-corrected chi connectivity index (χ1v) is 7.12. The predicted octanol–water partition coefficient (Wildman–Crippen LogP) is 4.60. The van der Waals surface area contributed by atoms with E-state index in [0.29, 0.717) is 17.2 Å². The summed E-state index contributed by atoms with van der Waals surface area (Å²) in [6.45, 7) is 6.41. The van der Waals surface area contributed by atoms with E-state index < -0.39 is 6.09 Å². The fourth-order valence-electron chi connectivity index (χ4n) is 2.01. The molecule has 0 spiro atoms. The monoisotopic (exact) mass is 299 g/mol. The van der Waals surface area contributed by atoms with Crippen molar-refractivity contribution in [1.29, 1.82) is 0 Å². The van der Waals surface area contributed by atoms with Gasteiger partial charge in [-0.05, 0) is 35.2 Å². The summed E-state index contributed by atoms with van der Waals surface area (Å²) in [5, 5.41) is 2.67. The van der Waals surface area contributed by atoms with Gasteiger partial charge in [0.15, 0.2) is 0 Å². The number of rotatable bonds is 3. The van der Waals surface area contributed by atoms with Gasteiger partial charge in [0.05, 0.1) is 12.8 Å². The minimum Gasteiger partial charge on any atom is -0.495 e. The second-order valence-electron chi connectivity index (χ2n) is 5.99. The summed E-state index contributed by atoms with van der Waals surface area (Å²) >= 11 is 0. The molecule has 0 aromatic heterocycles. The van der Waals surface area contributed by atoms with Crippen LogP contribution in [0.4, 0.5) is 10.5 Å². The molecule has 1 amide bonds. The molecule has 0 unspecified atom stereocenters. The SMILES string of the molecule is COc1ccccc1NC(=O)Oc1ccc(C(C)(C)C)cc1. The highest BCUT2D eigenvalue weighted by molar-refractivity contribution is 5.88. The van der Waals surface area contributed by atoms with Crippen LogP contribution in [-0.2, 0) is 5.41 Å². The van der Waals surface area contributed by atoms with Crippen LogP contribution in [0.1, 0.15) is 26.3 Å². The van der Waals surface area contributed by atoms with Crippen molar-refractivity contribution in [2.75, 3.05) is 12.4 Å². The number of benzene rings is 2. The number of hydrogen-bond acceptors (Lipinski definition) is 3. The lowest BCUT2D eigenvalue weighted by atomic mass is 9.87. The zero-order chi connectivity index (χ0) is 16.2. The van der Waals surface area contributed by atoms with E-state index in [1.165, 1.54) is 5.56 Å². The molecule has 1 N–H and O–H groups in total. The molecule has 0 fully saturated rings. The Morgan fingerprint density at radius 2 is 1.64 bits per heavy atom. The van der Waals surface area contributed by atoms with Crippen LogP contribution >= 0.6 is 0 Å². The molecule has 0 heterocycles. The van der Waals surface area contributed by atoms with Crippen molar-refractivity contribution in [3.63, 3.8) is 0 Å². The van der Waals surface area contributed by atoms with Crippen LogP contribution < -0.4 is 14.8 Å². The average molecular weight is 299 g/mol. The van der Waals surface area contributed by atoms with Crippen molar-refractivity contribution in [3.8, 4) is 11.5 Å². The number of methoxy groups -OCH3 is 1. The first kappa shape index (κ1) is 15.9. The number of hydrogen-bond donors (Lipinski definition) is 1. The van der Waals surface area contributed by atoms with Gasteiger partial charge in [0, 0.05) is 0 Å². The molecule has 0 saturated carbocycles. The fourth-order valence-corrected chi connectivity index (χ4v) is 2.01. The number of para-hydroxylation sites is 2. The Labute approximate surface area is 131 Å². The number of carbonyl (C=O) groups excluding carboxylic acids is 1. The first-order valence-electron chi connectivity index (χ1n) is 7.12. The van der Waals surface area contributed by atoms with Crippen LogP contribution in [0.15, 0.2) is 48.5 Å². The Morgan fingerprint density at radius 1 is 1.00 bits per heavy atom. The van der Waals surface area contributed by atoms with Crippen molar-refractivity contribution in [3.05, 3.63) is 54.1 Å². The quantitative estimate of drug-likeness (QED) is 0.900. The zero-order valence-corrected chi connectivity index (χ0v) is 13.3. The van der Waals surface area contributed by atoms with E-state index in [-0.39, 0.29) is 5.41 Å². The van der Waals surface area contributed by atoms with Gasteiger partial charge in [0.2, 0.25) is 0 Å². The van der Waals surface area contributed by atoms with E-state index in [9.17, 15) is 4.79 Å². The third-order valence-corrected chi connectivity index (χ3v) is 3.27. The van der Waals surface area contributed by atoms with Gasteiger partial charge in [-0.3, -0.25) is 5.32 Å². The summed E-state index contributed by atoms with van der Waals surface area (Å²) < 4.78 is 10.5. The van der Waals surface area contributed by atoms with E-state index in [1.807, 2.05) is 24.3 Å². The average Bonchev–Trinajstić information content (AvgIpc) is 2.47. The highest BCUT2D eigenvalue weighted by atomic mass is 16.6. The van der Waals surface area contributed by atoms with E-state index in [1.54, 1.807) is 31.4 Å². The summed E-state index contributed by atoms with van der Waals surface area (Å²) in [6, 6.07) is 14.7. The van der Waals surface area contributed by atoms with Gasteiger partial charge < -0.3 is 9.47 Å². The smallest absolute Gasteiger partial charge is 0.417 e. The number of nitrogens with one attached hydrogen (secondary N) is 1. The minimum absolute atomic E-state index is 0.0677. The van der Waals surface area contributed by atoms with Gasteiger partial charge in [-0.2, -0.15) is 0 Å². The Kier molecular flexibility index (Phi) is 4.71. The molecule has 0 aliphatic rings. The van der Waals surface area contributed by atoms with Crippen LogP contribution in [0.3, 0.4) is 0 Å². The van der Waals surface area contributed by atoms with E-state index in [2.05, 4.69) is 26.1 Å². The van der Waals surface area contributed by atoms with Gasteiger partial charge in [-0.25, -0.2) is 4.79 Å². The maximum absolute atomic E-state index is 11.9. The van der Waals surface area contributed by atoms with Crippen LogP contribution in [-0.4, -0.2) is 13.2 Å². The highest BCUT2D eigenvalue weighted by Gasteiger charge is 2.14. The molecule has 116 valence electrons. The van der Waals surface area contributed by atoms with Gasteiger partial charge >= 0.3 is 6.09 Å². The molecule has 0 aliphatic carbocycles. The summed E-state index contributed by atoms with van der Waals surface area (Å²) in [5.74, 6) is 1.09. The van der Waals surface area contributed by atoms with E-state index >= 15 is 0 Å². The molecule has 0 radical (unpaired) electrons. The molecule has 4 nitrogen and oxygen atoms in total. The minimum atomic E-state index is -0.548. The standard InChI is InChI=1S/C18H21NO3/c1-18(2,3)13-9-11-14(12-10-13)22-17(20)19-15-7-5-6-8-16(15)21-4/h5-12H,1-4H3,(H,19,20). The Balaban J connectivity index is 2.03. The topological polar surface area (TPSA) is 47.6 Å². The number of carbonyl (C=O) groups is 1. The Morgan fingerprint density at radius 3 is 2.23 bits per heavy atom. The van der Waals surface area contributed by atoms with Crippen LogP contribution in [0.2, 0.25) is 0 Å². The van der Waals surface area contributed by atoms with E-state index in [4.69, 9.17) is 9.47 Å². The van der Waals surface area contributed by atoms with Gasteiger partial charge in [-0.1, -0.05) is 45.0 Å². The fraction of sp³-hybridized carbons (Fsp3) is 0.278. The summed E-state index contributed by atoms with van der Waals surface area (Å²) in [6.07, 6.45) is -0.548. The van der Waals surface area contributed by atoms with Gasteiger partial charge in [0.1, 0.15) is 11.5 Å². The zero-order valence-electron chi connectivity index (χ0n) is 13.3. The number of amides is 1. The maximum Gasteiger partial charge on any atom is 0.417 e. The van der Waals surface area contributed by atoms with Crippen molar-refractivity contribution in [1.82, 2.24) is 0 Å². The Hall–Kier alpha value is -2.49. The van der Waals surface area contributed by atoms with Crippen molar-refractivity contribution >= 4 is 11.8 Å². The van der Waals surface area contributed by atoms with Crippen LogP contribution in [0.25, 0.3) is 0 Å². The Bertz CT molecular complexity index is 642. The molecule has 2 aromatic rings. The molecule has 2 aromatic carbocycles. The largest absolute Gasteiger partial charge is 0.495 e. The highest BCUT2D eigenvalue weighted by Crippen LogP contribution is 2.25. The second kappa shape index (κ2) is 6.52.